The molecule has 0 aliphatic rings. The molecule has 3 aromatic rings. The normalized spacial score (nSPS) is 9.96. The minimum Gasteiger partial charge on any atom is -0.496 e. The number of hydrogen-bond donors (Lipinski definition) is 3. The molecule has 0 unspecified atom stereocenters. The van der Waals surface area contributed by atoms with Gasteiger partial charge in [0, 0.05) is 17.1 Å². The van der Waals surface area contributed by atoms with Gasteiger partial charge < -0.3 is 15.4 Å². The third-order valence-electron chi connectivity index (χ3n) is 3.78. The van der Waals surface area contributed by atoms with Crippen molar-refractivity contribution in [2.45, 2.75) is 0 Å². The molecule has 0 radical (unpaired) electrons. The molecule has 136 valence electrons. The maximum absolute atomic E-state index is 12.4. The Hall–Kier alpha value is -3.38. The van der Waals surface area contributed by atoms with Crippen molar-refractivity contribution in [3.8, 4) is 5.75 Å². The zero-order chi connectivity index (χ0) is 19.1. The maximum atomic E-state index is 12.4. The summed E-state index contributed by atoms with van der Waals surface area (Å²) in [7, 11) is 1.52. The number of carbonyl (C=O) groups is 1. The van der Waals surface area contributed by atoms with E-state index in [2.05, 4.69) is 16.0 Å². The third-order valence-corrected chi connectivity index (χ3v) is 3.99. The molecule has 3 rings (SSSR count). The lowest BCUT2D eigenvalue weighted by molar-refractivity contribution is 0.0975. The predicted octanol–water partition coefficient (Wildman–Crippen LogP) is 4.57. The molecule has 3 aromatic carbocycles. The molecule has 5 nitrogen and oxygen atoms in total. The van der Waals surface area contributed by atoms with E-state index in [1.807, 2.05) is 54.6 Å². The second-order valence-corrected chi connectivity index (χ2v) is 6.09. The molecule has 0 atom stereocenters. The van der Waals surface area contributed by atoms with Crippen LogP contribution < -0.4 is 20.7 Å². The molecule has 0 saturated heterocycles. The summed E-state index contributed by atoms with van der Waals surface area (Å²) in [4.78, 5) is 12.4. The molecule has 1 amide bonds. The minimum absolute atomic E-state index is 0.217. The highest BCUT2D eigenvalue weighted by atomic mass is 32.1. The fourth-order valence-corrected chi connectivity index (χ4v) is 2.70. The number of carbonyl (C=O) groups excluding carboxylic acids is 1. The lowest BCUT2D eigenvalue weighted by atomic mass is 10.2. The summed E-state index contributed by atoms with van der Waals surface area (Å²) >= 11 is 5.23. The van der Waals surface area contributed by atoms with Gasteiger partial charge in [-0.25, -0.2) is 0 Å². The minimum atomic E-state index is -0.327. The Kier molecular flexibility index (Phi) is 6.02. The zero-order valence-corrected chi connectivity index (χ0v) is 15.5. The average molecular weight is 377 g/mol. The molecule has 0 bridgehead atoms. The highest BCUT2D eigenvalue weighted by molar-refractivity contribution is 7.80. The van der Waals surface area contributed by atoms with Crippen LogP contribution in [0.25, 0.3) is 0 Å². The van der Waals surface area contributed by atoms with Crippen LogP contribution in [-0.2, 0) is 0 Å². The molecule has 0 aliphatic carbocycles. The molecule has 0 spiro atoms. The van der Waals surface area contributed by atoms with Crippen LogP contribution >= 0.6 is 12.2 Å². The van der Waals surface area contributed by atoms with Gasteiger partial charge in [-0.15, -0.1) is 0 Å². The number of para-hydroxylation sites is 2. The van der Waals surface area contributed by atoms with Gasteiger partial charge in [0.2, 0.25) is 0 Å². The second-order valence-electron chi connectivity index (χ2n) is 5.68. The van der Waals surface area contributed by atoms with Crippen LogP contribution in [0.15, 0.2) is 78.9 Å². The molecule has 6 heteroatoms. The fraction of sp³-hybridized carbons (Fsp3) is 0.0476. The van der Waals surface area contributed by atoms with Gasteiger partial charge in [0.05, 0.1) is 12.7 Å². The van der Waals surface area contributed by atoms with E-state index in [9.17, 15) is 4.79 Å². The van der Waals surface area contributed by atoms with Crippen LogP contribution in [0.2, 0.25) is 0 Å². The zero-order valence-electron chi connectivity index (χ0n) is 14.7. The van der Waals surface area contributed by atoms with E-state index in [1.165, 1.54) is 7.11 Å². The van der Waals surface area contributed by atoms with Crippen LogP contribution in [-0.4, -0.2) is 18.1 Å². The fourth-order valence-electron chi connectivity index (χ4n) is 2.49. The highest BCUT2D eigenvalue weighted by Gasteiger charge is 2.12. The average Bonchev–Trinajstić information content (AvgIpc) is 2.70. The number of benzene rings is 3. The number of nitrogens with one attached hydrogen (secondary N) is 3. The first-order valence-electron chi connectivity index (χ1n) is 8.33. The van der Waals surface area contributed by atoms with E-state index in [0.717, 1.165) is 17.1 Å². The Labute approximate surface area is 163 Å². The Balaban J connectivity index is 1.58. The Bertz CT molecular complexity index is 928. The first-order chi connectivity index (χ1) is 13.2. The van der Waals surface area contributed by atoms with Gasteiger partial charge in [0.15, 0.2) is 5.11 Å². The van der Waals surface area contributed by atoms with E-state index in [-0.39, 0.29) is 11.0 Å². The van der Waals surface area contributed by atoms with Crippen molar-refractivity contribution in [2.75, 3.05) is 17.7 Å². The number of ether oxygens (including phenoxy) is 1. The van der Waals surface area contributed by atoms with Gasteiger partial charge in [0.1, 0.15) is 5.75 Å². The maximum Gasteiger partial charge on any atom is 0.261 e. The van der Waals surface area contributed by atoms with Crippen molar-refractivity contribution in [3.63, 3.8) is 0 Å². The Morgan fingerprint density at radius 3 is 2.11 bits per heavy atom. The SMILES string of the molecule is COc1ccccc1C(=O)NC(=S)Nc1ccc(Nc2ccccc2)cc1. The van der Waals surface area contributed by atoms with E-state index in [1.54, 1.807) is 24.3 Å². The summed E-state index contributed by atoms with van der Waals surface area (Å²) < 4.78 is 5.20. The van der Waals surface area contributed by atoms with Gasteiger partial charge in [0.25, 0.3) is 5.91 Å². The van der Waals surface area contributed by atoms with Crippen molar-refractivity contribution in [2.24, 2.45) is 0 Å². The van der Waals surface area contributed by atoms with Gasteiger partial charge in [-0.3, -0.25) is 10.1 Å². The summed E-state index contributed by atoms with van der Waals surface area (Å²) in [5.41, 5.74) is 3.17. The predicted molar refractivity (Wildman–Crippen MR) is 113 cm³/mol. The van der Waals surface area contributed by atoms with E-state index in [4.69, 9.17) is 17.0 Å². The number of rotatable bonds is 5. The van der Waals surface area contributed by atoms with Crippen LogP contribution in [0.5, 0.6) is 5.75 Å². The topological polar surface area (TPSA) is 62.4 Å². The summed E-state index contributed by atoms with van der Waals surface area (Å²) in [6.07, 6.45) is 0. The molecule has 0 saturated carbocycles. The largest absolute Gasteiger partial charge is 0.496 e. The molecule has 0 fully saturated rings. The summed E-state index contributed by atoms with van der Waals surface area (Å²) in [6.45, 7) is 0. The summed E-state index contributed by atoms with van der Waals surface area (Å²) in [5.74, 6) is 0.168. The lowest BCUT2D eigenvalue weighted by Gasteiger charge is -2.12. The molecular formula is C21H19N3O2S. The Morgan fingerprint density at radius 2 is 1.41 bits per heavy atom. The van der Waals surface area contributed by atoms with Crippen LogP contribution in [0.3, 0.4) is 0 Å². The molecule has 0 heterocycles. The summed E-state index contributed by atoms with van der Waals surface area (Å²) in [5, 5.41) is 9.19. The van der Waals surface area contributed by atoms with Crippen molar-refractivity contribution in [3.05, 3.63) is 84.4 Å². The van der Waals surface area contributed by atoms with Crippen molar-refractivity contribution in [1.82, 2.24) is 5.32 Å². The van der Waals surface area contributed by atoms with Gasteiger partial charge >= 0.3 is 0 Å². The lowest BCUT2D eigenvalue weighted by Crippen LogP contribution is -2.34. The Morgan fingerprint density at radius 1 is 0.815 bits per heavy atom. The standard InChI is InChI=1S/C21H19N3O2S/c1-26-19-10-6-5-9-18(19)20(25)24-21(27)23-17-13-11-16(12-14-17)22-15-7-3-2-4-8-15/h2-14,22H,1H3,(H2,23,24,25,27). The first kappa shape index (κ1) is 18.4. The second kappa shape index (κ2) is 8.82. The van der Waals surface area contributed by atoms with Crippen molar-refractivity contribution in [1.29, 1.82) is 0 Å². The molecule has 27 heavy (non-hydrogen) atoms. The van der Waals surface area contributed by atoms with Gasteiger partial charge in [-0.05, 0) is 60.7 Å². The van der Waals surface area contributed by atoms with Crippen molar-refractivity contribution >= 4 is 40.3 Å². The highest BCUT2D eigenvalue weighted by Crippen LogP contribution is 2.19. The smallest absolute Gasteiger partial charge is 0.261 e. The van der Waals surface area contributed by atoms with E-state index < -0.39 is 0 Å². The quantitative estimate of drug-likeness (QED) is 0.569. The van der Waals surface area contributed by atoms with E-state index >= 15 is 0 Å². The van der Waals surface area contributed by atoms with Gasteiger partial charge in [-0.1, -0.05) is 30.3 Å². The number of methoxy groups -OCH3 is 1. The van der Waals surface area contributed by atoms with Crippen LogP contribution in [0, 0.1) is 0 Å². The molecular weight excluding hydrogens is 358 g/mol. The molecule has 3 N–H and O–H groups in total. The third kappa shape index (κ3) is 5.05. The van der Waals surface area contributed by atoms with Crippen LogP contribution in [0.1, 0.15) is 10.4 Å². The number of amides is 1. The first-order valence-corrected chi connectivity index (χ1v) is 8.74. The molecule has 0 aliphatic heterocycles. The molecule has 0 aromatic heterocycles. The number of thiocarbonyl (C=S) groups is 1. The van der Waals surface area contributed by atoms with E-state index in [0.29, 0.717) is 11.3 Å². The monoisotopic (exact) mass is 377 g/mol. The number of anilines is 3. The summed E-state index contributed by atoms with van der Waals surface area (Å²) in [6, 6.07) is 24.5. The number of hydrogen-bond acceptors (Lipinski definition) is 4. The van der Waals surface area contributed by atoms with Crippen molar-refractivity contribution < 1.29 is 9.53 Å². The van der Waals surface area contributed by atoms with Crippen LogP contribution in [0.4, 0.5) is 17.1 Å². The van der Waals surface area contributed by atoms with Gasteiger partial charge in [-0.2, -0.15) is 0 Å².